The van der Waals surface area contributed by atoms with Crippen molar-refractivity contribution in [1.82, 2.24) is 20.4 Å². The number of nitrogens with one attached hydrogen (secondary N) is 2. The summed E-state index contributed by atoms with van der Waals surface area (Å²) in [6, 6.07) is 0. The minimum Gasteiger partial charge on any atom is -0.381 e. The Labute approximate surface area is 168 Å². The Kier molecular flexibility index (Phi) is 10.4. The van der Waals surface area contributed by atoms with E-state index in [2.05, 4.69) is 27.6 Å². The minimum absolute atomic E-state index is 0. The van der Waals surface area contributed by atoms with Crippen molar-refractivity contribution in [3.8, 4) is 0 Å². The molecule has 0 bridgehead atoms. The SMILES string of the molecule is CN=C(NCCCOCC1CCOC1)NCc1c(C)nn(C)c1C.I. The van der Waals surface area contributed by atoms with Crippen molar-refractivity contribution in [2.75, 3.05) is 40.0 Å². The average Bonchev–Trinajstić information content (AvgIpc) is 3.16. The number of aryl methyl sites for hydroxylation is 2. The topological polar surface area (TPSA) is 72.7 Å². The van der Waals surface area contributed by atoms with Crippen LogP contribution in [0.15, 0.2) is 4.99 Å². The zero-order valence-corrected chi connectivity index (χ0v) is 18.1. The number of rotatable bonds is 8. The summed E-state index contributed by atoms with van der Waals surface area (Å²) in [5, 5.41) is 11.1. The fourth-order valence-corrected chi connectivity index (χ4v) is 2.81. The van der Waals surface area contributed by atoms with E-state index in [9.17, 15) is 0 Å². The van der Waals surface area contributed by atoms with Crippen LogP contribution in [0.4, 0.5) is 0 Å². The predicted octanol–water partition coefficient (Wildman–Crippen LogP) is 1.76. The second kappa shape index (κ2) is 11.7. The summed E-state index contributed by atoms with van der Waals surface area (Å²) in [5.41, 5.74) is 3.46. The van der Waals surface area contributed by atoms with Gasteiger partial charge < -0.3 is 20.1 Å². The van der Waals surface area contributed by atoms with Crippen LogP contribution < -0.4 is 10.6 Å². The lowest BCUT2D eigenvalue weighted by atomic mass is 10.1. The van der Waals surface area contributed by atoms with Gasteiger partial charge in [0.05, 0.1) is 18.9 Å². The largest absolute Gasteiger partial charge is 0.381 e. The molecular weight excluding hydrogens is 433 g/mol. The zero-order chi connectivity index (χ0) is 17.4. The summed E-state index contributed by atoms with van der Waals surface area (Å²) in [6.07, 6.45) is 2.08. The molecule has 0 amide bonds. The molecule has 0 saturated carbocycles. The number of ether oxygens (including phenoxy) is 2. The van der Waals surface area contributed by atoms with Gasteiger partial charge in [-0.25, -0.2) is 0 Å². The second-order valence-corrected chi connectivity index (χ2v) is 6.28. The van der Waals surface area contributed by atoms with Crippen LogP contribution in [0.5, 0.6) is 0 Å². The first-order valence-electron chi connectivity index (χ1n) is 8.71. The standard InChI is InChI=1S/C17H31N5O2.HI/c1-13-16(14(2)22(4)21-13)10-20-17(18-3)19-7-5-8-23-11-15-6-9-24-12-15;/h15H,5-12H2,1-4H3,(H2,18,19,20);1H. The molecular formula is C17H32IN5O2. The van der Waals surface area contributed by atoms with Gasteiger partial charge >= 0.3 is 0 Å². The number of aromatic nitrogens is 2. The van der Waals surface area contributed by atoms with Crippen LogP contribution in [0.2, 0.25) is 0 Å². The smallest absolute Gasteiger partial charge is 0.191 e. The van der Waals surface area contributed by atoms with Gasteiger partial charge in [-0.15, -0.1) is 24.0 Å². The highest BCUT2D eigenvalue weighted by molar-refractivity contribution is 14.0. The Bertz CT molecular complexity index is 541. The molecule has 8 heteroatoms. The molecule has 2 N–H and O–H groups in total. The van der Waals surface area contributed by atoms with Crippen LogP contribution in [-0.2, 0) is 23.1 Å². The van der Waals surface area contributed by atoms with Crippen molar-refractivity contribution in [2.45, 2.75) is 33.2 Å². The molecule has 1 unspecified atom stereocenters. The molecule has 1 fully saturated rings. The van der Waals surface area contributed by atoms with E-state index in [1.807, 2.05) is 18.7 Å². The van der Waals surface area contributed by atoms with E-state index < -0.39 is 0 Å². The maximum absolute atomic E-state index is 5.71. The maximum atomic E-state index is 5.71. The number of hydrogen-bond acceptors (Lipinski definition) is 4. The molecule has 1 aliphatic rings. The summed E-state index contributed by atoms with van der Waals surface area (Å²) in [4.78, 5) is 4.26. The molecule has 1 atom stereocenters. The first-order chi connectivity index (χ1) is 11.6. The molecule has 0 radical (unpaired) electrons. The molecule has 1 aromatic heterocycles. The van der Waals surface area contributed by atoms with Crippen molar-refractivity contribution in [3.05, 3.63) is 17.0 Å². The van der Waals surface area contributed by atoms with Gasteiger partial charge in [0.25, 0.3) is 0 Å². The molecule has 0 aromatic carbocycles. The van der Waals surface area contributed by atoms with Crippen LogP contribution in [0.1, 0.15) is 29.8 Å². The first-order valence-corrected chi connectivity index (χ1v) is 8.71. The monoisotopic (exact) mass is 465 g/mol. The van der Waals surface area contributed by atoms with Crippen molar-refractivity contribution in [3.63, 3.8) is 0 Å². The number of hydrogen-bond donors (Lipinski definition) is 2. The quantitative estimate of drug-likeness (QED) is 0.265. The highest BCUT2D eigenvalue weighted by atomic mass is 127. The van der Waals surface area contributed by atoms with Gasteiger partial charge in [0.2, 0.25) is 0 Å². The molecule has 144 valence electrons. The highest BCUT2D eigenvalue weighted by Gasteiger charge is 2.15. The van der Waals surface area contributed by atoms with Gasteiger partial charge in [-0.3, -0.25) is 9.67 Å². The number of guanidine groups is 1. The molecule has 1 saturated heterocycles. The molecule has 0 aliphatic carbocycles. The van der Waals surface area contributed by atoms with Crippen LogP contribution in [0.25, 0.3) is 0 Å². The zero-order valence-electron chi connectivity index (χ0n) is 15.8. The Balaban J connectivity index is 0.00000312. The van der Waals surface area contributed by atoms with E-state index >= 15 is 0 Å². The van der Waals surface area contributed by atoms with Crippen LogP contribution in [0.3, 0.4) is 0 Å². The Morgan fingerprint density at radius 3 is 2.80 bits per heavy atom. The van der Waals surface area contributed by atoms with E-state index in [-0.39, 0.29) is 24.0 Å². The summed E-state index contributed by atoms with van der Waals surface area (Å²) in [7, 11) is 3.76. The third-order valence-electron chi connectivity index (χ3n) is 4.45. The molecule has 2 rings (SSSR count). The van der Waals surface area contributed by atoms with Crippen molar-refractivity contribution in [2.24, 2.45) is 18.0 Å². The summed E-state index contributed by atoms with van der Waals surface area (Å²) < 4.78 is 13.0. The van der Waals surface area contributed by atoms with Crippen LogP contribution in [-0.4, -0.2) is 55.8 Å². The lowest BCUT2D eigenvalue weighted by Crippen LogP contribution is -2.37. The van der Waals surface area contributed by atoms with Gasteiger partial charge in [0, 0.05) is 57.6 Å². The lowest BCUT2D eigenvalue weighted by molar-refractivity contribution is 0.0888. The van der Waals surface area contributed by atoms with Gasteiger partial charge in [-0.05, 0) is 26.7 Å². The third kappa shape index (κ3) is 7.10. The van der Waals surface area contributed by atoms with E-state index in [1.54, 1.807) is 7.05 Å². The highest BCUT2D eigenvalue weighted by Crippen LogP contribution is 2.12. The van der Waals surface area contributed by atoms with E-state index in [0.717, 1.165) is 64.0 Å². The van der Waals surface area contributed by atoms with Gasteiger partial charge in [0.1, 0.15) is 0 Å². The van der Waals surface area contributed by atoms with Crippen molar-refractivity contribution in [1.29, 1.82) is 0 Å². The van der Waals surface area contributed by atoms with Crippen molar-refractivity contribution >= 4 is 29.9 Å². The fourth-order valence-electron chi connectivity index (χ4n) is 2.81. The Hall–Kier alpha value is -0.870. The Morgan fingerprint density at radius 2 is 2.20 bits per heavy atom. The predicted molar refractivity (Wildman–Crippen MR) is 111 cm³/mol. The minimum atomic E-state index is 0. The van der Waals surface area contributed by atoms with Crippen LogP contribution >= 0.6 is 24.0 Å². The lowest BCUT2D eigenvalue weighted by Gasteiger charge is -2.13. The van der Waals surface area contributed by atoms with E-state index in [1.165, 1.54) is 11.3 Å². The molecule has 1 aliphatic heterocycles. The van der Waals surface area contributed by atoms with Gasteiger partial charge in [-0.1, -0.05) is 0 Å². The van der Waals surface area contributed by atoms with E-state index in [4.69, 9.17) is 9.47 Å². The molecule has 0 spiro atoms. The maximum Gasteiger partial charge on any atom is 0.191 e. The first kappa shape index (κ1) is 22.2. The summed E-state index contributed by atoms with van der Waals surface area (Å²) in [5.74, 6) is 1.39. The van der Waals surface area contributed by atoms with Crippen molar-refractivity contribution < 1.29 is 9.47 Å². The molecule has 1 aromatic rings. The van der Waals surface area contributed by atoms with Crippen LogP contribution in [0, 0.1) is 19.8 Å². The third-order valence-corrected chi connectivity index (χ3v) is 4.45. The van der Waals surface area contributed by atoms with E-state index in [0.29, 0.717) is 5.92 Å². The molecule has 2 heterocycles. The average molecular weight is 465 g/mol. The fraction of sp³-hybridized carbons (Fsp3) is 0.765. The summed E-state index contributed by atoms with van der Waals surface area (Å²) in [6.45, 7) is 8.99. The normalized spacial score (nSPS) is 17.4. The Morgan fingerprint density at radius 1 is 1.40 bits per heavy atom. The summed E-state index contributed by atoms with van der Waals surface area (Å²) >= 11 is 0. The van der Waals surface area contributed by atoms with Gasteiger partial charge in [0.15, 0.2) is 5.96 Å². The number of halogens is 1. The number of nitrogens with zero attached hydrogens (tertiary/aromatic N) is 3. The number of aliphatic imine (C=N–C) groups is 1. The second-order valence-electron chi connectivity index (χ2n) is 6.28. The molecule has 7 nitrogen and oxygen atoms in total. The van der Waals surface area contributed by atoms with Gasteiger partial charge in [-0.2, -0.15) is 5.10 Å². The molecule has 25 heavy (non-hydrogen) atoms.